The van der Waals surface area contributed by atoms with Gasteiger partial charge in [-0.05, 0) is 58.5 Å². The minimum Gasteiger partial charge on any atom is -0.325 e. The van der Waals surface area contributed by atoms with Gasteiger partial charge in [-0.25, -0.2) is 4.79 Å². The zero-order valence-electron chi connectivity index (χ0n) is 13.2. The maximum absolute atomic E-state index is 12.8. The van der Waals surface area contributed by atoms with Crippen molar-refractivity contribution in [1.82, 2.24) is 15.1 Å². The molecule has 1 N–H and O–H groups in total. The molecule has 2 aliphatic rings. The van der Waals surface area contributed by atoms with Gasteiger partial charge in [0.15, 0.2) is 0 Å². The Bertz CT molecular complexity index is 292. The van der Waals surface area contributed by atoms with E-state index in [1.807, 2.05) is 0 Å². The van der Waals surface area contributed by atoms with E-state index >= 15 is 0 Å². The molecule has 20 heavy (non-hydrogen) atoms. The number of nitrogens with one attached hydrogen (secondary N) is 1. The van der Waals surface area contributed by atoms with Gasteiger partial charge in [0.25, 0.3) is 0 Å². The summed E-state index contributed by atoms with van der Waals surface area (Å²) in [6, 6.07) is 0.570. The van der Waals surface area contributed by atoms with Crippen LogP contribution in [0.15, 0.2) is 0 Å². The third-order valence-corrected chi connectivity index (χ3v) is 4.60. The first-order chi connectivity index (χ1) is 9.68. The monoisotopic (exact) mass is 281 g/mol. The Morgan fingerprint density at radius 2 is 1.90 bits per heavy atom. The Morgan fingerprint density at radius 3 is 2.45 bits per heavy atom. The van der Waals surface area contributed by atoms with Crippen molar-refractivity contribution in [2.45, 2.75) is 58.4 Å². The Balaban J connectivity index is 1.93. The molecule has 0 saturated carbocycles. The highest BCUT2D eigenvalue weighted by atomic mass is 16.2. The second-order valence-corrected chi connectivity index (χ2v) is 6.64. The van der Waals surface area contributed by atoms with Gasteiger partial charge in [0, 0.05) is 25.7 Å². The highest BCUT2D eigenvalue weighted by molar-refractivity contribution is 5.74. The number of hydrogen-bond acceptors (Lipinski definition) is 2. The average Bonchev–Trinajstić information content (AvgIpc) is 2.74. The van der Waals surface area contributed by atoms with Gasteiger partial charge in [-0.15, -0.1) is 0 Å². The number of carbonyl (C=O) groups is 1. The first-order valence-electron chi connectivity index (χ1n) is 8.44. The molecule has 0 aromatic rings. The topological polar surface area (TPSA) is 35.6 Å². The van der Waals surface area contributed by atoms with Crippen molar-refractivity contribution in [3.05, 3.63) is 0 Å². The van der Waals surface area contributed by atoms with Crippen LogP contribution >= 0.6 is 0 Å². The molecule has 0 aliphatic carbocycles. The van der Waals surface area contributed by atoms with Crippen LogP contribution in [-0.2, 0) is 0 Å². The van der Waals surface area contributed by atoms with E-state index in [4.69, 9.17) is 0 Å². The number of urea groups is 1. The number of hydrogen-bond donors (Lipinski definition) is 1. The van der Waals surface area contributed by atoms with Crippen molar-refractivity contribution in [1.29, 1.82) is 0 Å². The molecular formula is C16H31N3O. The Hall–Kier alpha value is -0.770. The van der Waals surface area contributed by atoms with E-state index in [1.165, 1.54) is 38.5 Å². The molecular weight excluding hydrogens is 250 g/mol. The fourth-order valence-corrected chi connectivity index (χ4v) is 3.31. The third-order valence-electron chi connectivity index (χ3n) is 4.60. The highest BCUT2D eigenvalue weighted by Crippen LogP contribution is 2.17. The minimum absolute atomic E-state index is 0.271. The summed E-state index contributed by atoms with van der Waals surface area (Å²) in [6.45, 7) is 9.31. The predicted octanol–water partition coefficient (Wildman–Crippen LogP) is 2.69. The molecule has 2 heterocycles. The van der Waals surface area contributed by atoms with Crippen molar-refractivity contribution < 1.29 is 4.79 Å². The molecule has 0 aromatic heterocycles. The van der Waals surface area contributed by atoms with Crippen molar-refractivity contribution >= 4 is 6.03 Å². The van der Waals surface area contributed by atoms with Crippen LogP contribution in [-0.4, -0.2) is 54.6 Å². The van der Waals surface area contributed by atoms with E-state index in [1.54, 1.807) is 0 Å². The van der Waals surface area contributed by atoms with Crippen molar-refractivity contribution in [2.24, 2.45) is 5.92 Å². The standard InChI is InChI=1S/C16H31N3O/c1-14(2)19(13-15-8-7-9-17-12-15)16(20)18-10-5-3-4-6-11-18/h14-15,17H,3-13H2,1-2H3. The molecule has 0 spiro atoms. The number of rotatable bonds is 3. The van der Waals surface area contributed by atoms with Crippen LogP contribution in [0.5, 0.6) is 0 Å². The number of nitrogens with zero attached hydrogens (tertiary/aromatic N) is 2. The largest absolute Gasteiger partial charge is 0.325 e. The van der Waals surface area contributed by atoms with Crippen LogP contribution in [0, 0.1) is 5.92 Å². The summed E-state index contributed by atoms with van der Waals surface area (Å²) in [4.78, 5) is 17.0. The maximum Gasteiger partial charge on any atom is 0.320 e. The summed E-state index contributed by atoms with van der Waals surface area (Å²) in [5.74, 6) is 0.627. The van der Waals surface area contributed by atoms with E-state index in [0.717, 1.165) is 32.7 Å². The third kappa shape index (κ3) is 4.37. The predicted molar refractivity (Wildman–Crippen MR) is 82.9 cm³/mol. The van der Waals surface area contributed by atoms with Gasteiger partial charge in [-0.2, -0.15) is 0 Å². The summed E-state index contributed by atoms with van der Waals surface area (Å²) in [6.07, 6.45) is 7.39. The minimum atomic E-state index is 0.271. The van der Waals surface area contributed by atoms with E-state index in [-0.39, 0.29) is 6.03 Å². The lowest BCUT2D eigenvalue weighted by molar-refractivity contribution is 0.127. The van der Waals surface area contributed by atoms with Crippen LogP contribution in [0.1, 0.15) is 52.4 Å². The highest BCUT2D eigenvalue weighted by Gasteiger charge is 2.26. The smallest absolute Gasteiger partial charge is 0.320 e. The second kappa shape index (κ2) is 7.87. The first-order valence-corrected chi connectivity index (χ1v) is 8.44. The van der Waals surface area contributed by atoms with Gasteiger partial charge in [-0.3, -0.25) is 0 Å². The van der Waals surface area contributed by atoms with E-state index in [9.17, 15) is 4.79 Å². The zero-order valence-corrected chi connectivity index (χ0v) is 13.2. The second-order valence-electron chi connectivity index (χ2n) is 6.64. The lowest BCUT2D eigenvalue weighted by Gasteiger charge is -2.36. The lowest BCUT2D eigenvalue weighted by Crippen LogP contribution is -2.50. The molecule has 116 valence electrons. The Labute approximate surface area is 123 Å². The van der Waals surface area contributed by atoms with Crippen LogP contribution in [0.25, 0.3) is 0 Å². The number of likely N-dealkylation sites (tertiary alicyclic amines) is 1. The van der Waals surface area contributed by atoms with Crippen LogP contribution < -0.4 is 5.32 Å². The SMILES string of the molecule is CC(C)N(CC1CCCNC1)C(=O)N1CCCCCC1. The van der Waals surface area contributed by atoms with Crippen LogP contribution in [0.3, 0.4) is 0 Å². The Morgan fingerprint density at radius 1 is 1.20 bits per heavy atom. The van der Waals surface area contributed by atoms with Crippen molar-refractivity contribution in [2.75, 3.05) is 32.7 Å². The molecule has 2 fully saturated rings. The zero-order chi connectivity index (χ0) is 14.4. The van der Waals surface area contributed by atoms with Crippen LogP contribution in [0.2, 0.25) is 0 Å². The van der Waals surface area contributed by atoms with E-state index in [2.05, 4.69) is 29.0 Å². The summed E-state index contributed by atoms with van der Waals surface area (Å²) >= 11 is 0. The summed E-state index contributed by atoms with van der Waals surface area (Å²) in [5.41, 5.74) is 0. The number of piperidine rings is 1. The molecule has 0 radical (unpaired) electrons. The van der Waals surface area contributed by atoms with Crippen LogP contribution in [0.4, 0.5) is 4.79 Å². The van der Waals surface area contributed by atoms with Gasteiger partial charge in [0.05, 0.1) is 0 Å². The molecule has 2 saturated heterocycles. The average molecular weight is 281 g/mol. The normalized spacial score (nSPS) is 24.6. The molecule has 0 aromatic carbocycles. The number of carbonyl (C=O) groups excluding carboxylic acids is 1. The molecule has 2 aliphatic heterocycles. The van der Waals surface area contributed by atoms with E-state index in [0.29, 0.717) is 12.0 Å². The maximum atomic E-state index is 12.8. The fourth-order valence-electron chi connectivity index (χ4n) is 3.31. The van der Waals surface area contributed by atoms with E-state index < -0.39 is 0 Å². The molecule has 2 amide bonds. The van der Waals surface area contributed by atoms with Gasteiger partial charge in [-0.1, -0.05) is 12.8 Å². The van der Waals surface area contributed by atoms with Gasteiger partial charge in [0.2, 0.25) is 0 Å². The summed E-state index contributed by atoms with van der Waals surface area (Å²) in [7, 11) is 0. The number of amides is 2. The Kier molecular flexibility index (Phi) is 6.14. The fraction of sp³-hybridized carbons (Fsp3) is 0.938. The molecule has 0 bridgehead atoms. The first kappa shape index (κ1) is 15.6. The quantitative estimate of drug-likeness (QED) is 0.863. The van der Waals surface area contributed by atoms with Gasteiger partial charge >= 0.3 is 6.03 Å². The molecule has 1 atom stereocenters. The molecule has 2 rings (SSSR count). The van der Waals surface area contributed by atoms with Gasteiger partial charge in [0.1, 0.15) is 0 Å². The lowest BCUT2D eigenvalue weighted by atomic mass is 9.98. The molecule has 1 unspecified atom stereocenters. The molecule has 4 nitrogen and oxygen atoms in total. The van der Waals surface area contributed by atoms with Crippen molar-refractivity contribution in [3.63, 3.8) is 0 Å². The summed E-state index contributed by atoms with van der Waals surface area (Å²) < 4.78 is 0. The molecule has 4 heteroatoms. The van der Waals surface area contributed by atoms with Crippen molar-refractivity contribution in [3.8, 4) is 0 Å². The summed E-state index contributed by atoms with van der Waals surface area (Å²) in [5, 5.41) is 3.46. The van der Waals surface area contributed by atoms with Gasteiger partial charge < -0.3 is 15.1 Å².